The highest BCUT2D eigenvalue weighted by atomic mass is 16.7. The largest absolute Gasteiger partial charge is 0.463 e. The molecule has 140 valence electrons. The minimum Gasteiger partial charge on any atom is -0.463 e. The second-order valence-electron chi connectivity index (χ2n) is 6.83. The van der Waals surface area contributed by atoms with Crippen molar-refractivity contribution in [2.75, 3.05) is 6.61 Å². The van der Waals surface area contributed by atoms with Gasteiger partial charge in [-0.05, 0) is 24.0 Å². The van der Waals surface area contributed by atoms with Crippen LogP contribution in [0.25, 0.3) is 0 Å². The number of carbonyl (C=O) groups excluding carboxylic acids is 2. The molecule has 27 heavy (non-hydrogen) atoms. The van der Waals surface area contributed by atoms with Crippen LogP contribution in [-0.2, 0) is 14.4 Å². The van der Waals surface area contributed by atoms with Gasteiger partial charge in [-0.1, -0.05) is 73.6 Å². The number of Topliss-reactive ketones (excluding diaryl/α,β-unsaturated/α-hetero) is 1. The topological polar surface area (TPSA) is 65.0 Å². The molecule has 1 atom stereocenters. The third kappa shape index (κ3) is 3.63. The number of esters is 1. The minimum absolute atomic E-state index is 0.0422. The summed E-state index contributed by atoms with van der Waals surface area (Å²) in [6.07, 6.45) is 0.0422. The van der Waals surface area contributed by atoms with Gasteiger partial charge in [-0.2, -0.15) is 0 Å². The van der Waals surface area contributed by atoms with Gasteiger partial charge in [-0.25, -0.2) is 4.79 Å². The molecule has 0 saturated carbocycles. The Morgan fingerprint density at radius 2 is 1.78 bits per heavy atom. The van der Waals surface area contributed by atoms with E-state index < -0.39 is 17.4 Å². The lowest BCUT2D eigenvalue weighted by atomic mass is 9.86. The van der Waals surface area contributed by atoms with Crippen molar-refractivity contribution in [1.29, 1.82) is 0 Å². The number of ether oxygens (including phenoxy) is 1. The molecule has 0 amide bonds. The van der Waals surface area contributed by atoms with E-state index >= 15 is 0 Å². The van der Waals surface area contributed by atoms with Gasteiger partial charge in [0.15, 0.2) is 0 Å². The summed E-state index contributed by atoms with van der Waals surface area (Å²) in [6.45, 7) is 6.09. The molecule has 0 saturated heterocycles. The van der Waals surface area contributed by atoms with Crippen molar-refractivity contribution in [2.45, 2.75) is 38.7 Å². The molecule has 0 fully saturated rings. The fraction of sp³-hybridized carbons (Fsp3) is 0.318. The maximum absolute atomic E-state index is 13.1. The smallest absolute Gasteiger partial charge is 0.362 e. The van der Waals surface area contributed by atoms with Crippen molar-refractivity contribution in [3.8, 4) is 0 Å². The normalized spacial score (nSPS) is 18.7. The fourth-order valence-corrected chi connectivity index (χ4v) is 3.04. The number of nitrogens with zero attached hydrogens (tertiary/aromatic N) is 1. The Morgan fingerprint density at radius 3 is 2.37 bits per heavy atom. The van der Waals surface area contributed by atoms with Gasteiger partial charge in [-0.3, -0.25) is 4.79 Å². The first-order chi connectivity index (χ1) is 13.0. The Labute approximate surface area is 159 Å². The molecule has 2 aromatic rings. The van der Waals surface area contributed by atoms with Gasteiger partial charge in [-0.15, -0.1) is 0 Å². The summed E-state index contributed by atoms with van der Waals surface area (Å²) in [5.41, 5.74) is 1.20. The number of benzene rings is 2. The summed E-state index contributed by atoms with van der Waals surface area (Å²) < 4.78 is 5.15. The number of rotatable bonds is 6. The van der Waals surface area contributed by atoms with Crippen LogP contribution in [0.2, 0.25) is 0 Å². The first kappa shape index (κ1) is 18.8. The maximum atomic E-state index is 13.1. The summed E-state index contributed by atoms with van der Waals surface area (Å²) in [5, 5.41) is 4.08. The third-order valence-electron chi connectivity index (χ3n) is 4.65. The van der Waals surface area contributed by atoms with E-state index in [0.717, 1.165) is 5.56 Å². The molecule has 0 aliphatic carbocycles. The maximum Gasteiger partial charge on any atom is 0.362 e. The van der Waals surface area contributed by atoms with Gasteiger partial charge in [0.1, 0.15) is 0 Å². The van der Waals surface area contributed by atoms with Crippen molar-refractivity contribution in [2.24, 2.45) is 5.16 Å². The zero-order valence-corrected chi connectivity index (χ0v) is 15.8. The van der Waals surface area contributed by atoms with Crippen LogP contribution in [0.5, 0.6) is 0 Å². The van der Waals surface area contributed by atoms with E-state index in [4.69, 9.17) is 9.57 Å². The van der Waals surface area contributed by atoms with Crippen LogP contribution in [0.15, 0.2) is 59.8 Å². The van der Waals surface area contributed by atoms with Gasteiger partial charge in [0.25, 0.3) is 0 Å². The highest BCUT2D eigenvalue weighted by Crippen LogP contribution is 2.32. The zero-order valence-electron chi connectivity index (χ0n) is 15.8. The van der Waals surface area contributed by atoms with Crippen LogP contribution in [0.3, 0.4) is 0 Å². The quantitative estimate of drug-likeness (QED) is 0.439. The van der Waals surface area contributed by atoms with Crippen molar-refractivity contribution in [3.63, 3.8) is 0 Å². The standard InChI is InChI=1S/C22H23NO4/c1-4-26-21(25)22(20(24)18-8-6-5-7-9-18)14-19(23-27-22)17-12-10-16(11-13-17)15(2)3/h5-13,15H,4,14H2,1-3H3. The van der Waals surface area contributed by atoms with Gasteiger partial charge >= 0.3 is 11.6 Å². The molecular weight excluding hydrogens is 342 g/mol. The monoisotopic (exact) mass is 365 g/mol. The highest BCUT2D eigenvalue weighted by Gasteiger charge is 2.55. The molecule has 5 nitrogen and oxygen atoms in total. The fourth-order valence-electron chi connectivity index (χ4n) is 3.04. The van der Waals surface area contributed by atoms with E-state index in [9.17, 15) is 9.59 Å². The van der Waals surface area contributed by atoms with Crippen LogP contribution >= 0.6 is 0 Å². The summed E-state index contributed by atoms with van der Waals surface area (Å²) in [7, 11) is 0. The summed E-state index contributed by atoms with van der Waals surface area (Å²) in [4.78, 5) is 31.2. The molecule has 0 aromatic heterocycles. The van der Waals surface area contributed by atoms with Gasteiger partial charge < -0.3 is 9.57 Å². The van der Waals surface area contributed by atoms with Crippen molar-refractivity contribution >= 4 is 17.5 Å². The molecule has 0 radical (unpaired) electrons. The molecule has 1 heterocycles. The first-order valence-corrected chi connectivity index (χ1v) is 9.10. The second-order valence-corrected chi connectivity index (χ2v) is 6.83. The van der Waals surface area contributed by atoms with Crippen LogP contribution in [0.4, 0.5) is 0 Å². The molecular formula is C22H23NO4. The van der Waals surface area contributed by atoms with E-state index in [1.165, 1.54) is 5.56 Å². The Morgan fingerprint density at radius 1 is 1.11 bits per heavy atom. The number of hydrogen-bond acceptors (Lipinski definition) is 5. The van der Waals surface area contributed by atoms with Gasteiger partial charge in [0.05, 0.1) is 18.7 Å². The first-order valence-electron chi connectivity index (χ1n) is 9.10. The van der Waals surface area contributed by atoms with Gasteiger partial charge in [0.2, 0.25) is 5.78 Å². The Kier molecular flexibility index (Phi) is 5.40. The van der Waals surface area contributed by atoms with Crippen LogP contribution in [0, 0.1) is 0 Å². The van der Waals surface area contributed by atoms with E-state index in [0.29, 0.717) is 17.2 Å². The van der Waals surface area contributed by atoms with Gasteiger partial charge in [0, 0.05) is 5.56 Å². The molecule has 5 heteroatoms. The number of hydrogen-bond donors (Lipinski definition) is 0. The summed E-state index contributed by atoms with van der Waals surface area (Å²) >= 11 is 0. The summed E-state index contributed by atoms with van der Waals surface area (Å²) in [6, 6.07) is 16.5. The lowest BCUT2D eigenvalue weighted by molar-refractivity contribution is -0.162. The SMILES string of the molecule is CCOC(=O)C1(C(=O)c2ccccc2)CC(c2ccc(C(C)C)cc2)=NO1. The molecule has 3 rings (SSSR count). The van der Waals surface area contributed by atoms with E-state index in [1.54, 1.807) is 31.2 Å². The Balaban J connectivity index is 1.91. The van der Waals surface area contributed by atoms with Crippen molar-refractivity contribution < 1.29 is 19.2 Å². The lowest BCUT2D eigenvalue weighted by Gasteiger charge is -2.22. The van der Waals surface area contributed by atoms with Crippen LogP contribution in [0.1, 0.15) is 54.6 Å². The molecule has 1 aliphatic heterocycles. The average molecular weight is 365 g/mol. The van der Waals surface area contributed by atoms with Crippen molar-refractivity contribution in [1.82, 2.24) is 0 Å². The third-order valence-corrected chi connectivity index (χ3v) is 4.65. The molecule has 0 spiro atoms. The molecule has 2 aromatic carbocycles. The second kappa shape index (κ2) is 7.74. The van der Waals surface area contributed by atoms with Crippen molar-refractivity contribution in [3.05, 3.63) is 71.3 Å². The minimum atomic E-state index is -1.77. The number of ketones is 1. The predicted octanol–water partition coefficient (Wildman–Crippen LogP) is 4.12. The predicted molar refractivity (Wildman–Crippen MR) is 103 cm³/mol. The van der Waals surface area contributed by atoms with E-state index in [1.807, 2.05) is 30.3 Å². The molecule has 0 bridgehead atoms. The average Bonchev–Trinajstić information content (AvgIpc) is 3.15. The summed E-state index contributed by atoms with van der Waals surface area (Å²) in [5.74, 6) is -0.741. The molecule has 1 aliphatic rings. The molecule has 1 unspecified atom stereocenters. The zero-order chi connectivity index (χ0) is 19.4. The highest BCUT2D eigenvalue weighted by molar-refractivity contribution is 6.20. The van der Waals surface area contributed by atoms with E-state index in [-0.39, 0.29) is 13.0 Å². The Bertz CT molecular complexity index is 856. The van der Waals surface area contributed by atoms with E-state index in [2.05, 4.69) is 19.0 Å². The number of oxime groups is 1. The lowest BCUT2D eigenvalue weighted by Crippen LogP contribution is -2.48. The van der Waals surface area contributed by atoms with Crippen LogP contribution < -0.4 is 0 Å². The van der Waals surface area contributed by atoms with Crippen LogP contribution in [-0.4, -0.2) is 29.7 Å². The number of carbonyl (C=O) groups is 2. The Hall–Kier alpha value is -2.95. The molecule has 0 N–H and O–H groups in total.